The van der Waals surface area contributed by atoms with Crippen molar-refractivity contribution in [3.8, 4) is 11.5 Å². The fraction of sp³-hybridized carbons (Fsp3) is 0.800. The molecule has 0 amide bonds. The fourth-order valence-electron chi connectivity index (χ4n) is 6.24. The van der Waals surface area contributed by atoms with Crippen molar-refractivity contribution in [2.45, 2.75) is 157 Å². The quantitative estimate of drug-likeness (QED) is 0.122. The van der Waals surface area contributed by atoms with Crippen LogP contribution >= 0.6 is 0 Å². The van der Waals surface area contributed by atoms with Crippen LogP contribution in [0.25, 0.3) is 0 Å². The van der Waals surface area contributed by atoms with Crippen LogP contribution in [0.3, 0.4) is 0 Å². The van der Waals surface area contributed by atoms with Crippen molar-refractivity contribution >= 4 is 6.16 Å². The molecule has 4 unspecified atom stereocenters. The molecular weight excluding hydrogens is 500 g/mol. The summed E-state index contributed by atoms with van der Waals surface area (Å²) in [7, 11) is 0. The van der Waals surface area contributed by atoms with Crippen LogP contribution in [0.1, 0.15) is 135 Å². The van der Waals surface area contributed by atoms with Gasteiger partial charge in [-0.1, -0.05) is 72.6 Å². The maximum Gasteiger partial charge on any atom is 0.513 e. The average molecular weight is 559 g/mol. The highest BCUT2D eigenvalue weighted by atomic mass is 16.7. The number of carbonyl (C=O) groups excluding carboxylic acids is 1. The smallest absolute Gasteiger partial charge is 0.487 e. The highest BCUT2D eigenvalue weighted by Crippen LogP contribution is 2.45. The molecule has 0 saturated carbocycles. The van der Waals surface area contributed by atoms with E-state index in [4.69, 9.17) is 18.9 Å². The minimum absolute atomic E-state index is 0.0605. The number of rotatable bonds is 15. The molecule has 5 nitrogen and oxygen atoms in total. The molecule has 2 aliphatic rings. The Bertz CT molecular complexity index is 996. The first-order valence-electron chi connectivity index (χ1n) is 16.1. The summed E-state index contributed by atoms with van der Waals surface area (Å²) in [6, 6.07) is 0. The van der Waals surface area contributed by atoms with Crippen molar-refractivity contribution in [2.75, 3.05) is 6.61 Å². The molecular formula is C35H58O5. The number of hydrogen-bond acceptors (Lipinski definition) is 5. The first-order chi connectivity index (χ1) is 18.7. The van der Waals surface area contributed by atoms with Gasteiger partial charge in [0.1, 0.15) is 29.8 Å². The highest BCUT2D eigenvalue weighted by molar-refractivity contribution is 5.68. The van der Waals surface area contributed by atoms with E-state index >= 15 is 0 Å². The van der Waals surface area contributed by atoms with Gasteiger partial charge in [0.25, 0.3) is 0 Å². The van der Waals surface area contributed by atoms with Gasteiger partial charge in [-0.2, -0.15) is 0 Å². The predicted octanol–water partition coefficient (Wildman–Crippen LogP) is 9.83. The lowest BCUT2D eigenvalue weighted by Gasteiger charge is -2.38. The molecule has 4 atom stereocenters. The van der Waals surface area contributed by atoms with Crippen molar-refractivity contribution in [3.05, 3.63) is 22.3 Å². The van der Waals surface area contributed by atoms with Gasteiger partial charge in [-0.25, -0.2) is 4.79 Å². The van der Waals surface area contributed by atoms with Gasteiger partial charge in [0.15, 0.2) is 0 Å². The van der Waals surface area contributed by atoms with Crippen LogP contribution in [0, 0.1) is 38.5 Å². The molecule has 228 valence electrons. The van der Waals surface area contributed by atoms with Crippen molar-refractivity contribution < 1.29 is 23.7 Å². The zero-order valence-electron chi connectivity index (χ0n) is 27.3. The number of epoxide rings is 1. The minimum Gasteiger partial charge on any atom is -0.487 e. The van der Waals surface area contributed by atoms with Crippen LogP contribution in [0.15, 0.2) is 0 Å². The van der Waals surface area contributed by atoms with Crippen molar-refractivity contribution in [2.24, 2.45) is 17.8 Å². The Morgan fingerprint density at radius 2 is 1.45 bits per heavy atom. The van der Waals surface area contributed by atoms with Crippen molar-refractivity contribution in [3.63, 3.8) is 0 Å². The first kappa shape index (κ1) is 32.8. The number of fused-ring (bicyclic) bond motifs is 1. The summed E-state index contributed by atoms with van der Waals surface area (Å²) in [5.41, 5.74) is 3.75. The number of carbonyl (C=O) groups is 1. The van der Waals surface area contributed by atoms with E-state index in [-0.39, 0.29) is 23.9 Å². The molecule has 2 aliphatic heterocycles. The molecule has 0 spiro atoms. The van der Waals surface area contributed by atoms with E-state index in [0.29, 0.717) is 5.75 Å². The predicted molar refractivity (Wildman–Crippen MR) is 164 cm³/mol. The van der Waals surface area contributed by atoms with E-state index in [9.17, 15) is 4.79 Å². The molecule has 0 aliphatic carbocycles. The van der Waals surface area contributed by atoms with Gasteiger partial charge in [0.2, 0.25) is 0 Å². The third-order valence-corrected chi connectivity index (χ3v) is 9.54. The zero-order valence-corrected chi connectivity index (χ0v) is 27.3. The number of benzene rings is 1. The summed E-state index contributed by atoms with van der Waals surface area (Å²) in [5, 5.41) is 0. The summed E-state index contributed by atoms with van der Waals surface area (Å²) < 4.78 is 23.3. The van der Waals surface area contributed by atoms with Crippen molar-refractivity contribution in [1.82, 2.24) is 0 Å². The van der Waals surface area contributed by atoms with Gasteiger partial charge in [0.05, 0.1) is 5.60 Å². The Balaban J connectivity index is 1.47. The van der Waals surface area contributed by atoms with Gasteiger partial charge in [-0.05, 0) is 102 Å². The molecule has 0 N–H and O–H groups in total. The molecule has 1 saturated heterocycles. The maximum atomic E-state index is 12.4. The molecule has 2 heterocycles. The molecule has 0 radical (unpaired) electrons. The molecule has 5 heteroatoms. The molecule has 1 aromatic rings. The van der Waals surface area contributed by atoms with E-state index in [1.807, 2.05) is 27.7 Å². The molecule has 3 rings (SSSR count). The molecule has 1 aromatic carbocycles. The van der Waals surface area contributed by atoms with E-state index in [0.717, 1.165) is 65.0 Å². The average Bonchev–Trinajstić information content (AvgIpc) is 3.49. The summed E-state index contributed by atoms with van der Waals surface area (Å²) in [5.74, 6) is 4.04. The fourth-order valence-corrected chi connectivity index (χ4v) is 6.24. The lowest BCUT2D eigenvalue weighted by atomic mass is 9.83. The largest absolute Gasteiger partial charge is 0.513 e. The lowest BCUT2D eigenvalue weighted by molar-refractivity contribution is 0.0509. The summed E-state index contributed by atoms with van der Waals surface area (Å²) in [4.78, 5) is 12.4. The Labute approximate surface area is 245 Å². The van der Waals surface area contributed by atoms with Crippen LogP contribution in [-0.2, 0) is 15.9 Å². The molecule has 40 heavy (non-hydrogen) atoms. The van der Waals surface area contributed by atoms with Crippen LogP contribution in [0.2, 0.25) is 0 Å². The monoisotopic (exact) mass is 558 g/mol. The Morgan fingerprint density at radius 3 is 2.02 bits per heavy atom. The van der Waals surface area contributed by atoms with E-state index < -0.39 is 6.16 Å². The number of hydrogen-bond donors (Lipinski definition) is 0. The third-order valence-electron chi connectivity index (χ3n) is 9.54. The summed E-state index contributed by atoms with van der Waals surface area (Å²) in [6.07, 6.45) is 12.9. The van der Waals surface area contributed by atoms with Crippen LogP contribution < -0.4 is 9.47 Å². The van der Waals surface area contributed by atoms with Gasteiger partial charge in [-0.3, -0.25) is 0 Å². The normalized spacial score (nSPS) is 22.8. The van der Waals surface area contributed by atoms with Gasteiger partial charge >= 0.3 is 6.16 Å². The van der Waals surface area contributed by atoms with E-state index in [1.165, 1.54) is 51.4 Å². The summed E-state index contributed by atoms with van der Waals surface area (Å²) in [6.45, 7) is 22.1. The Hall–Kier alpha value is -1.75. The minimum atomic E-state index is -0.673. The van der Waals surface area contributed by atoms with Gasteiger partial charge in [0, 0.05) is 5.56 Å². The third kappa shape index (κ3) is 9.13. The van der Waals surface area contributed by atoms with E-state index in [1.54, 1.807) is 0 Å². The lowest BCUT2D eigenvalue weighted by Crippen LogP contribution is -2.37. The first-order valence-corrected chi connectivity index (χ1v) is 16.1. The molecule has 1 fully saturated rings. The number of ether oxygens (including phenoxy) is 4. The van der Waals surface area contributed by atoms with Crippen LogP contribution in [-0.4, -0.2) is 30.1 Å². The zero-order chi connectivity index (χ0) is 29.7. The Morgan fingerprint density at radius 1 is 0.875 bits per heavy atom. The van der Waals surface area contributed by atoms with E-state index in [2.05, 4.69) is 41.5 Å². The SMILES string of the molecule is Cc1c(C)c2c(c(C)c1OC(=O)OCC1OC1(C)C)CCC(C)(CCCC(C)CCCC(C)CCCC(C)C)O2. The maximum absolute atomic E-state index is 12.4. The molecule has 0 aromatic heterocycles. The van der Waals surface area contributed by atoms with Crippen molar-refractivity contribution in [1.29, 1.82) is 0 Å². The second-order valence-corrected chi connectivity index (χ2v) is 14.3. The van der Waals surface area contributed by atoms with Crippen LogP contribution in [0.4, 0.5) is 4.79 Å². The topological polar surface area (TPSA) is 57.3 Å². The van der Waals surface area contributed by atoms with Gasteiger partial charge in [-0.15, -0.1) is 0 Å². The van der Waals surface area contributed by atoms with Gasteiger partial charge < -0.3 is 18.9 Å². The van der Waals surface area contributed by atoms with Crippen LogP contribution in [0.5, 0.6) is 11.5 Å². The second kappa shape index (κ2) is 13.9. The molecule has 0 bridgehead atoms. The summed E-state index contributed by atoms with van der Waals surface area (Å²) >= 11 is 0. The standard InChI is InChI=1S/C35H58O5/c1-23(2)14-11-15-24(3)16-12-17-25(4)18-13-20-35(10)21-19-29-28(7)31(26(5)27(6)32(29)40-35)38-33(36)37-22-30-34(8,9)39-30/h23-25,30H,11-22H2,1-10H3. The Kier molecular flexibility index (Phi) is 11.4. The second-order valence-electron chi connectivity index (χ2n) is 14.3. The highest BCUT2D eigenvalue weighted by Gasteiger charge is 2.48.